The molecule has 3 fully saturated rings. The minimum atomic E-state index is 0.175. The number of hydrogen-bond donors (Lipinski definition) is 0. The second-order valence-electron chi connectivity index (χ2n) is 8.04. The third-order valence-corrected chi connectivity index (χ3v) is 5.97. The van der Waals surface area contributed by atoms with Gasteiger partial charge in [-0.15, -0.1) is 0 Å². The predicted molar refractivity (Wildman–Crippen MR) is 95.2 cm³/mol. The first-order chi connectivity index (χ1) is 12.7. The van der Waals surface area contributed by atoms with Crippen molar-refractivity contribution in [1.29, 1.82) is 0 Å². The molecule has 26 heavy (non-hydrogen) atoms. The summed E-state index contributed by atoms with van der Waals surface area (Å²) < 4.78 is 16.8. The Labute approximate surface area is 154 Å². The summed E-state index contributed by atoms with van der Waals surface area (Å²) in [6.07, 6.45) is 3.36. The zero-order valence-electron chi connectivity index (χ0n) is 15.1. The van der Waals surface area contributed by atoms with Crippen molar-refractivity contribution >= 4 is 5.91 Å². The van der Waals surface area contributed by atoms with E-state index in [0.29, 0.717) is 12.3 Å². The Morgan fingerprint density at radius 3 is 2.88 bits per heavy atom. The normalized spacial score (nSPS) is 28.1. The second kappa shape index (κ2) is 6.74. The van der Waals surface area contributed by atoms with Crippen LogP contribution in [0.4, 0.5) is 0 Å². The largest absolute Gasteiger partial charge is 0.454 e. The van der Waals surface area contributed by atoms with E-state index >= 15 is 0 Å². The van der Waals surface area contributed by atoms with Gasteiger partial charge in [0, 0.05) is 38.6 Å². The van der Waals surface area contributed by atoms with Crippen LogP contribution in [0.25, 0.3) is 0 Å². The number of carbonyl (C=O) groups excluding carboxylic acids is 1. The number of rotatable bonds is 4. The van der Waals surface area contributed by atoms with Gasteiger partial charge in [0.15, 0.2) is 11.5 Å². The number of nitrogens with zero attached hydrogens (tertiary/aromatic N) is 2. The lowest BCUT2D eigenvalue weighted by Gasteiger charge is -2.23. The molecule has 0 radical (unpaired) electrons. The van der Waals surface area contributed by atoms with Gasteiger partial charge >= 0.3 is 0 Å². The first kappa shape index (κ1) is 16.4. The summed E-state index contributed by atoms with van der Waals surface area (Å²) in [7, 11) is 0. The standard InChI is InChI=1S/C20H26N2O4/c23-20(8-15-3-4-17-18(7-15)26-13-25-17)22-11-16-10-21(9-14-1-2-14)5-6-24-19(16)12-22/h3-4,7,14,16,19H,1-2,5-6,8-13H2/t16-,19+/m1/s1. The van der Waals surface area contributed by atoms with Crippen LogP contribution in [0.15, 0.2) is 18.2 Å². The van der Waals surface area contributed by atoms with Crippen LogP contribution in [0.2, 0.25) is 0 Å². The molecule has 0 unspecified atom stereocenters. The van der Waals surface area contributed by atoms with E-state index in [-0.39, 0.29) is 18.8 Å². The van der Waals surface area contributed by atoms with Gasteiger partial charge in [0.2, 0.25) is 12.7 Å². The van der Waals surface area contributed by atoms with E-state index in [2.05, 4.69) is 4.90 Å². The molecule has 1 amide bonds. The summed E-state index contributed by atoms with van der Waals surface area (Å²) in [5.74, 6) is 3.01. The Kier molecular flexibility index (Phi) is 4.25. The van der Waals surface area contributed by atoms with Gasteiger partial charge in [-0.1, -0.05) is 6.07 Å². The highest BCUT2D eigenvalue weighted by atomic mass is 16.7. The summed E-state index contributed by atoms with van der Waals surface area (Å²) in [5, 5.41) is 0. The van der Waals surface area contributed by atoms with E-state index in [9.17, 15) is 4.79 Å². The lowest BCUT2D eigenvalue weighted by Crippen LogP contribution is -2.35. The number of ether oxygens (including phenoxy) is 3. The third-order valence-electron chi connectivity index (χ3n) is 5.97. The van der Waals surface area contributed by atoms with Crippen molar-refractivity contribution in [1.82, 2.24) is 9.80 Å². The smallest absolute Gasteiger partial charge is 0.231 e. The summed E-state index contributed by atoms with van der Waals surface area (Å²) in [5.41, 5.74) is 0.975. The Morgan fingerprint density at radius 2 is 2.00 bits per heavy atom. The van der Waals surface area contributed by atoms with Gasteiger partial charge in [0.1, 0.15) is 0 Å². The van der Waals surface area contributed by atoms with E-state index in [0.717, 1.165) is 55.8 Å². The fourth-order valence-electron chi connectivity index (χ4n) is 4.33. The Morgan fingerprint density at radius 1 is 1.12 bits per heavy atom. The number of hydrogen-bond acceptors (Lipinski definition) is 5. The summed E-state index contributed by atoms with van der Waals surface area (Å²) in [6.45, 7) is 5.90. The zero-order chi connectivity index (χ0) is 17.5. The third kappa shape index (κ3) is 3.40. The SMILES string of the molecule is O=C(Cc1ccc2c(c1)OCO2)N1C[C@H]2CN(CC3CC3)CCO[C@H]2C1. The zero-order valence-corrected chi connectivity index (χ0v) is 15.1. The minimum Gasteiger partial charge on any atom is -0.454 e. The maximum absolute atomic E-state index is 12.8. The van der Waals surface area contributed by atoms with Crippen molar-refractivity contribution in [2.45, 2.75) is 25.4 Å². The molecule has 140 valence electrons. The minimum absolute atomic E-state index is 0.175. The Balaban J connectivity index is 1.20. The second-order valence-corrected chi connectivity index (χ2v) is 8.04. The molecule has 6 heteroatoms. The molecule has 2 atom stereocenters. The molecule has 0 spiro atoms. The average Bonchev–Trinajstić information content (AvgIpc) is 3.23. The molecule has 1 saturated carbocycles. The van der Waals surface area contributed by atoms with Gasteiger partial charge in [-0.2, -0.15) is 0 Å². The Bertz CT molecular complexity index is 690. The van der Waals surface area contributed by atoms with Gasteiger partial charge in [0.25, 0.3) is 0 Å². The highest BCUT2D eigenvalue weighted by Gasteiger charge is 2.39. The quantitative estimate of drug-likeness (QED) is 0.817. The molecule has 5 rings (SSSR count). The fraction of sp³-hybridized carbons (Fsp3) is 0.650. The van der Waals surface area contributed by atoms with Crippen LogP contribution >= 0.6 is 0 Å². The van der Waals surface area contributed by atoms with E-state index in [1.54, 1.807) is 0 Å². The van der Waals surface area contributed by atoms with Crippen LogP contribution in [0, 0.1) is 11.8 Å². The van der Waals surface area contributed by atoms with Crippen molar-refractivity contribution in [3.63, 3.8) is 0 Å². The van der Waals surface area contributed by atoms with Gasteiger partial charge in [-0.3, -0.25) is 4.79 Å². The highest BCUT2D eigenvalue weighted by molar-refractivity contribution is 5.79. The number of fused-ring (bicyclic) bond motifs is 2. The Hall–Kier alpha value is -1.79. The van der Waals surface area contributed by atoms with Crippen LogP contribution in [-0.2, 0) is 16.0 Å². The molecule has 6 nitrogen and oxygen atoms in total. The van der Waals surface area contributed by atoms with Crippen LogP contribution in [0.1, 0.15) is 18.4 Å². The summed E-state index contributed by atoms with van der Waals surface area (Å²) in [6, 6.07) is 5.76. The van der Waals surface area contributed by atoms with Crippen LogP contribution < -0.4 is 9.47 Å². The average molecular weight is 358 g/mol. The molecule has 1 aromatic rings. The summed E-state index contributed by atoms with van der Waals surface area (Å²) >= 11 is 0. The molecular formula is C20H26N2O4. The molecule has 2 saturated heterocycles. The summed E-state index contributed by atoms with van der Waals surface area (Å²) in [4.78, 5) is 17.3. The van der Waals surface area contributed by atoms with Crippen molar-refractivity contribution in [2.75, 3.05) is 46.1 Å². The maximum Gasteiger partial charge on any atom is 0.231 e. The number of carbonyl (C=O) groups is 1. The number of likely N-dealkylation sites (tertiary alicyclic amines) is 1. The predicted octanol–water partition coefficient (Wildman–Crippen LogP) is 1.53. The van der Waals surface area contributed by atoms with E-state index in [1.165, 1.54) is 19.4 Å². The lowest BCUT2D eigenvalue weighted by molar-refractivity contribution is -0.130. The molecule has 0 bridgehead atoms. The van der Waals surface area contributed by atoms with E-state index in [4.69, 9.17) is 14.2 Å². The first-order valence-electron chi connectivity index (χ1n) is 9.75. The van der Waals surface area contributed by atoms with Crippen molar-refractivity contribution < 1.29 is 19.0 Å². The molecule has 1 aliphatic carbocycles. The van der Waals surface area contributed by atoms with Crippen LogP contribution in [0.5, 0.6) is 11.5 Å². The molecule has 3 aliphatic heterocycles. The van der Waals surface area contributed by atoms with Gasteiger partial charge < -0.3 is 24.0 Å². The van der Waals surface area contributed by atoms with Gasteiger partial charge in [-0.25, -0.2) is 0 Å². The molecule has 4 aliphatic rings. The van der Waals surface area contributed by atoms with Crippen molar-refractivity contribution in [3.05, 3.63) is 23.8 Å². The van der Waals surface area contributed by atoms with Gasteiger partial charge in [0.05, 0.1) is 19.1 Å². The molecular weight excluding hydrogens is 332 g/mol. The van der Waals surface area contributed by atoms with Crippen molar-refractivity contribution in [2.24, 2.45) is 11.8 Å². The first-order valence-corrected chi connectivity index (χ1v) is 9.75. The fourth-order valence-corrected chi connectivity index (χ4v) is 4.33. The number of benzene rings is 1. The van der Waals surface area contributed by atoms with E-state index in [1.807, 2.05) is 23.1 Å². The van der Waals surface area contributed by atoms with Crippen LogP contribution in [-0.4, -0.2) is 67.9 Å². The van der Waals surface area contributed by atoms with Gasteiger partial charge in [-0.05, 0) is 36.5 Å². The van der Waals surface area contributed by atoms with Crippen LogP contribution in [0.3, 0.4) is 0 Å². The molecule has 0 N–H and O–H groups in total. The van der Waals surface area contributed by atoms with E-state index < -0.39 is 0 Å². The molecule has 3 heterocycles. The lowest BCUT2D eigenvalue weighted by atomic mass is 10.1. The number of amides is 1. The monoisotopic (exact) mass is 358 g/mol. The maximum atomic E-state index is 12.8. The molecule has 0 aromatic heterocycles. The van der Waals surface area contributed by atoms with Crippen molar-refractivity contribution in [3.8, 4) is 11.5 Å². The molecule has 1 aromatic carbocycles. The topological polar surface area (TPSA) is 51.2 Å². The highest BCUT2D eigenvalue weighted by Crippen LogP contribution is 2.33.